The third-order valence-electron chi connectivity index (χ3n) is 2.72. The van der Waals surface area contributed by atoms with Crippen LogP contribution >= 0.6 is 11.6 Å². The Hall–Kier alpha value is -0.570. The van der Waals surface area contributed by atoms with Gasteiger partial charge in [0, 0.05) is 11.6 Å². The molecule has 2 nitrogen and oxygen atoms in total. The Labute approximate surface area is 109 Å². The van der Waals surface area contributed by atoms with E-state index in [1.54, 1.807) is 0 Å². The fraction of sp³-hybridized carbons (Fsp3) is 0.571. The van der Waals surface area contributed by atoms with Crippen LogP contribution in [0.1, 0.15) is 26.3 Å². The summed E-state index contributed by atoms with van der Waals surface area (Å²) in [5.41, 5.74) is 1.16. The molecule has 1 atom stereocenters. The Bertz CT molecular complexity index is 311. The second-order valence-corrected chi connectivity index (χ2v) is 4.96. The van der Waals surface area contributed by atoms with Crippen molar-refractivity contribution in [3.8, 4) is 0 Å². The van der Waals surface area contributed by atoms with Crippen LogP contribution in [-0.4, -0.2) is 19.2 Å². The summed E-state index contributed by atoms with van der Waals surface area (Å²) in [7, 11) is 0. The molecule has 0 amide bonds. The average Bonchev–Trinajstić information content (AvgIpc) is 2.31. The molecule has 1 aromatic rings. The molecule has 1 unspecified atom stereocenters. The molecule has 0 bridgehead atoms. The van der Waals surface area contributed by atoms with Gasteiger partial charge in [-0.05, 0) is 30.2 Å². The Balaban J connectivity index is 2.43. The Morgan fingerprint density at radius 3 is 2.41 bits per heavy atom. The average molecular weight is 256 g/mol. The number of halogens is 1. The van der Waals surface area contributed by atoms with E-state index in [9.17, 15) is 0 Å². The van der Waals surface area contributed by atoms with Crippen LogP contribution in [0.5, 0.6) is 0 Å². The largest absolute Gasteiger partial charge is 0.372 e. The van der Waals surface area contributed by atoms with Gasteiger partial charge >= 0.3 is 0 Å². The molecule has 0 heterocycles. The first-order valence-electron chi connectivity index (χ1n) is 6.20. The fourth-order valence-corrected chi connectivity index (χ4v) is 1.68. The zero-order valence-electron chi connectivity index (χ0n) is 10.9. The number of ether oxygens (including phenoxy) is 1. The van der Waals surface area contributed by atoms with Crippen LogP contribution in [0.4, 0.5) is 0 Å². The predicted molar refractivity (Wildman–Crippen MR) is 73.4 cm³/mol. The van der Waals surface area contributed by atoms with Crippen molar-refractivity contribution < 1.29 is 4.74 Å². The Morgan fingerprint density at radius 2 is 1.88 bits per heavy atom. The van der Waals surface area contributed by atoms with Crippen molar-refractivity contribution in [2.45, 2.75) is 33.5 Å². The smallest absolute Gasteiger partial charge is 0.0726 e. The molecule has 17 heavy (non-hydrogen) atoms. The van der Waals surface area contributed by atoms with Gasteiger partial charge in [-0.25, -0.2) is 0 Å². The van der Waals surface area contributed by atoms with E-state index in [1.807, 2.05) is 24.3 Å². The number of hydrogen-bond donors (Lipinski definition) is 1. The summed E-state index contributed by atoms with van der Waals surface area (Å²) in [6.45, 7) is 9.00. The molecular weight excluding hydrogens is 234 g/mol. The lowest BCUT2D eigenvalue weighted by molar-refractivity contribution is 0.0117. The normalized spacial score (nSPS) is 13.0. The van der Waals surface area contributed by atoms with Gasteiger partial charge in [0.25, 0.3) is 0 Å². The third-order valence-corrected chi connectivity index (χ3v) is 2.97. The van der Waals surface area contributed by atoms with Gasteiger partial charge in [-0.3, -0.25) is 0 Å². The zero-order chi connectivity index (χ0) is 12.7. The van der Waals surface area contributed by atoms with Gasteiger partial charge in [-0.15, -0.1) is 0 Å². The third kappa shape index (κ3) is 5.53. The van der Waals surface area contributed by atoms with Gasteiger partial charge in [-0.2, -0.15) is 0 Å². The summed E-state index contributed by atoms with van der Waals surface area (Å²) in [6, 6.07) is 7.81. The lowest BCUT2D eigenvalue weighted by atomic mass is 10.1. The highest BCUT2D eigenvalue weighted by atomic mass is 35.5. The minimum Gasteiger partial charge on any atom is -0.372 e. The van der Waals surface area contributed by atoms with Gasteiger partial charge < -0.3 is 10.1 Å². The van der Waals surface area contributed by atoms with Crippen molar-refractivity contribution in [3.63, 3.8) is 0 Å². The van der Waals surface area contributed by atoms with E-state index in [2.05, 4.69) is 26.1 Å². The van der Waals surface area contributed by atoms with Crippen LogP contribution in [0.15, 0.2) is 24.3 Å². The Morgan fingerprint density at radius 1 is 1.24 bits per heavy atom. The highest BCUT2D eigenvalue weighted by Crippen LogP contribution is 2.13. The van der Waals surface area contributed by atoms with E-state index in [1.165, 1.54) is 0 Å². The SMILES string of the molecule is CCNCC(OCc1ccc(Cl)cc1)C(C)C. The fourth-order valence-electron chi connectivity index (χ4n) is 1.56. The molecule has 96 valence electrons. The maximum Gasteiger partial charge on any atom is 0.0726 e. The number of likely N-dealkylation sites (N-methyl/N-ethyl adjacent to an activating group) is 1. The van der Waals surface area contributed by atoms with Gasteiger partial charge in [-0.1, -0.05) is 44.5 Å². The maximum absolute atomic E-state index is 5.93. The molecule has 0 radical (unpaired) electrons. The highest BCUT2D eigenvalue weighted by molar-refractivity contribution is 6.30. The standard InChI is InChI=1S/C14H22ClNO/c1-4-16-9-14(11(2)3)17-10-12-5-7-13(15)8-6-12/h5-8,11,14,16H,4,9-10H2,1-3H3. The van der Waals surface area contributed by atoms with E-state index < -0.39 is 0 Å². The van der Waals surface area contributed by atoms with Crippen molar-refractivity contribution in [2.24, 2.45) is 5.92 Å². The number of nitrogens with one attached hydrogen (secondary N) is 1. The first kappa shape index (κ1) is 14.5. The van der Waals surface area contributed by atoms with Crippen LogP contribution < -0.4 is 5.32 Å². The molecule has 0 aliphatic carbocycles. The molecule has 1 N–H and O–H groups in total. The summed E-state index contributed by atoms with van der Waals surface area (Å²) >= 11 is 5.84. The van der Waals surface area contributed by atoms with Crippen molar-refractivity contribution in [1.29, 1.82) is 0 Å². The molecular formula is C14H22ClNO. The van der Waals surface area contributed by atoms with Gasteiger partial charge in [0.15, 0.2) is 0 Å². The summed E-state index contributed by atoms with van der Waals surface area (Å²) < 4.78 is 5.93. The molecule has 0 saturated heterocycles. The predicted octanol–water partition coefficient (Wildman–Crippen LogP) is 3.49. The van der Waals surface area contributed by atoms with E-state index in [0.717, 1.165) is 23.7 Å². The Kier molecular flexibility index (Phi) is 6.56. The molecule has 0 fully saturated rings. The summed E-state index contributed by atoms with van der Waals surface area (Å²) in [4.78, 5) is 0. The zero-order valence-corrected chi connectivity index (χ0v) is 11.6. The molecule has 0 spiro atoms. The quantitative estimate of drug-likeness (QED) is 0.805. The van der Waals surface area contributed by atoms with Gasteiger partial charge in [0.1, 0.15) is 0 Å². The van der Waals surface area contributed by atoms with E-state index >= 15 is 0 Å². The summed E-state index contributed by atoms with van der Waals surface area (Å²) in [6.07, 6.45) is 0.255. The van der Waals surface area contributed by atoms with Crippen LogP contribution in [0.25, 0.3) is 0 Å². The maximum atomic E-state index is 5.93. The minimum absolute atomic E-state index is 0.255. The van der Waals surface area contributed by atoms with Crippen LogP contribution in [0.3, 0.4) is 0 Å². The second kappa shape index (κ2) is 7.70. The topological polar surface area (TPSA) is 21.3 Å². The summed E-state index contributed by atoms with van der Waals surface area (Å²) in [5, 5.41) is 4.09. The van der Waals surface area contributed by atoms with Crippen molar-refractivity contribution in [2.75, 3.05) is 13.1 Å². The van der Waals surface area contributed by atoms with Crippen LogP contribution in [0.2, 0.25) is 5.02 Å². The van der Waals surface area contributed by atoms with Crippen LogP contribution in [-0.2, 0) is 11.3 Å². The molecule has 1 aromatic carbocycles. The number of hydrogen-bond acceptors (Lipinski definition) is 2. The molecule has 0 saturated carbocycles. The number of rotatable bonds is 7. The van der Waals surface area contributed by atoms with Crippen LogP contribution in [0, 0.1) is 5.92 Å². The minimum atomic E-state index is 0.255. The molecule has 3 heteroatoms. The van der Waals surface area contributed by atoms with Gasteiger partial charge in [0.2, 0.25) is 0 Å². The summed E-state index contributed by atoms with van der Waals surface area (Å²) in [5.74, 6) is 0.515. The van der Waals surface area contributed by atoms with Gasteiger partial charge in [0.05, 0.1) is 12.7 Å². The highest BCUT2D eigenvalue weighted by Gasteiger charge is 2.13. The van der Waals surface area contributed by atoms with Crippen molar-refractivity contribution >= 4 is 11.6 Å². The first-order valence-corrected chi connectivity index (χ1v) is 6.58. The van der Waals surface area contributed by atoms with E-state index in [4.69, 9.17) is 16.3 Å². The monoisotopic (exact) mass is 255 g/mol. The first-order chi connectivity index (χ1) is 8.13. The lowest BCUT2D eigenvalue weighted by Gasteiger charge is -2.21. The van der Waals surface area contributed by atoms with E-state index in [0.29, 0.717) is 12.5 Å². The van der Waals surface area contributed by atoms with Crippen molar-refractivity contribution in [1.82, 2.24) is 5.32 Å². The molecule has 1 rings (SSSR count). The molecule has 0 aliphatic rings. The van der Waals surface area contributed by atoms with Crippen molar-refractivity contribution in [3.05, 3.63) is 34.9 Å². The molecule has 0 aromatic heterocycles. The second-order valence-electron chi connectivity index (χ2n) is 4.53. The lowest BCUT2D eigenvalue weighted by Crippen LogP contribution is -2.32. The number of benzene rings is 1. The van der Waals surface area contributed by atoms with E-state index in [-0.39, 0.29) is 6.10 Å². The molecule has 0 aliphatic heterocycles.